The molecule has 0 aromatic heterocycles. The summed E-state index contributed by atoms with van der Waals surface area (Å²) in [6.45, 7) is 5.32. The SMILES string of the molecule is CCC(O)(CC)CNCCc1cccc(F)c1. The molecular formula is C14H22FNO. The third-order valence-corrected chi connectivity index (χ3v) is 3.25. The molecule has 3 heteroatoms. The fraction of sp³-hybridized carbons (Fsp3) is 0.571. The molecule has 0 aliphatic carbocycles. The lowest BCUT2D eigenvalue weighted by Gasteiger charge is -2.25. The third-order valence-electron chi connectivity index (χ3n) is 3.25. The third kappa shape index (κ3) is 4.84. The maximum atomic E-state index is 12.9. The molecule has 1 aromatic rings. The van der Waals surface area contributed by atoms with Crippen LogP contribution in [0.1, 0.15) is 32.3 Å². The molecule has 96 valence electrons. The number of benzene rings is 1. The lowest BCUT2D eigenvalue weighted by atomic mass is 9.97. The van der Waals surface area contributed by atoms with Crippen molar-refractivity contribution in [1.29, 1.82) is 0 Å². The van der Waals surface area contributed by atoms with Gasteiger partial charge in [-0.2, -0.15) is 0 Å². The van der Waals surface area contributed by atoms with Crippen molar-refractivity contribution in [1.82, 2.24) is 5.32 Å². The maximum absolute atomic E-state index is 12.9. The van der Waals surface area contributed by atoms with Crippen LogP contribution in [0.4, 0.5) is 4.39 Å². The number of hydrogen-bond donors (Lipinski definition) is 2. The van der Waals surface area contributed by atoms with Gasteiger partial charge in [0.2, 0.25) is 0 Å². The van der Waals surface area contributed by atoms with E-state index in [1.54, 1.807) is 12.1 Å². The summed E-state index contributed by atoms with van der Waals surface area (Å²) in [5.74, 6) is -0.193. The number of aliphatic hydroxyl groups is 1. The number of hydrogen-bond acceptors (Lipinski definition) is 2. The van der Waals surface area contributed by atoms with E-state index in [1.165, 1.54) is 6.07 Å². The Morgan fingerprint density at radius 3 is 2.59 bits per heavy atom. The van der Waals surface area contributed by atoms with Crippen molar-refractivity contribution in [2.24, 2.45) is 0 Å². The van der Waals surface area contributed by atoms with E-state index < -0.39 is 5.60 Å². The van der Waals surface area contributed by atoms with Crippen LogP contribution < -0.4 is 5.32 Å². The summed E-state index contributed by atoms with van der Waals surface area (Å²) in [5.41, 5.74) is 0.371. The van der Waals surface area contributed by atoms with Crippen molar-refractivity contribution in [2.75, 3.05) is 13.1 Å². The summed E-state index contributed by atoms with van der Waals surface area (Å²) in [5, 5.41) is 13.3. The Morgan fingerprint density at radius 1 is 1.29 bits per heavy atom. The topological polar surface area (TPSA) is 32.3 Å². The molecule has 2 nitrogen and oxygen atoms in total. The lowest BCUT2D eigenvalue weighted by Crippen LogP contribution is -2.40. The smallest absolute Gasteiger partial charge is 0.123 e. The van der Waals surface area contributed by atoms with Crippen LogP contribution in [0.3, 0.4) is 0 Å². The van der Waals surface area contributed by atoms with Gasteiger partial charge in [-0.25, -0.2) is 4.39 Å². The van der Waals surface area contributed by atoms with E-state index in [2.05, 4.69) is 5.32 Å². The summed E-state index contributed by atoms with van der Waals surface area (Å²) in [6, 6.07) is 6.63. The molecule has 0 atom stereocenters. The predicted octanol–water partition coefficient (Wildman–Crippen LogP) is 2.51. The zero-order chi connectivity index (χ0) is 12.7. The molecule has 0 aliphatic heterocycles. The van der Waals surface area contributed by atoms with Crippen LogP contribution in [-0.2, 0) is 6.42 Å². The van der Waals surface area contributed by atoms with Crippen LogP contribution in [0.2, 0.25) is 0 Å². The van der Waals surface area contributed by atoms with Crippen molar-refractivity contribution in [3.63, 3.8) is 0 Å². The van der Waals surface area contributed by atoms with Crippen molar-refractivity contribution in [3.05, 3.63) is 35.6 Å². The Morgan fingerprint density at radius 2 is 2.00 bits per heavy atom. The van der Waals surface area contributed by atoms with Gasteiger partial charge in [0.15, 0.2) is 0 Å². The molecule has 0 amide bonds. The Kier molecular flexibility index (Phi) is 5.59. The van der Waals surface area contributed by atoms with Crippen LogP contribution in [0.5, 0.6) is 0 Å². The molecule has 0 bridgehead atoms. The maximum Gasteiger partial charge on any atom is 0.123 e. The van der Waals surface area contributed by atoms with Crippen molar-refractivity contribution in [3.8, 4) is 0 Å². The fourth-order valence-corrected chi connectivity index (χ4v) is 1.75. The van der Waals surface area contributed by atoms with Crippen molar-refractivity contribution >= 4 is 0 Å². The van der Waals surface area contributed by atoms with Crippen molar-refractivity contribution < 1.29 is 9.50 Å². The molecule has 0 heterocycles. The fourth-order valence-electron chi connectivity index (χ4n) is 1.75. The van der Waals surface area contributed by atoms with Gasteiger partial charge >= 0.3 is 0 Å². The molecule has 0 saturated carbocycles. The van der Waals surface area contributed by atoms with E-state index in [0.717, 1.165) is 31.4 Å². The van der Waals surface area contributed by atoms with E-state index in [1.807, 2.05) is 19.9 Å². The van der Waals surface area contributed by atoms with Gasteiger partial charge in [0.05, 0.1) is 5.60 Å². The van der Waals surface area contributed by atoms with Gasteiger partial charge in [-0.1, -0.05) is 26.0 Å². The quantitative estimate of drug-likeness (QED) is 0.717. The number of rotatable bonds is 7. The highest BCUT2D eigenvalue weighted by Gasteiger charge is 2.20. The first kappa shape index (κ1) is 14.1. The normalized spacial score (nSPS) is 11.8. The summed E-state index contributed by atoms with van der Waals surface area (Å²) >= 11 is 0. The zero-order valence-electron chi connectivity index (χ0n) is 10.7. The molecular weight excluding hydrogens is 217 g/mol. The monoisotopic (exact) mass is 239 g/mol. The summed E-state index contributed by atoms with van der Waals surface area (Å²) in [6.07, 6.45) is 2.27. The standard InChI is InChI=1S/C14H22FNO/c1-3-14(17,4-2)11-16-9-8-12-6-5-7-13(15)10-12/h5-7,10,16-17H,3-4,8-9,11H2,1-2H3. The second-order valence-corrected chi connectivity index (χ2v) is 4.49. The summed E-state index contributed by atoms with van der Waals surface area (Å²) in [7, 11) is 0. The van der Waals surface area contributed by atoms with E-state index >= 15 is 0 Å². The molecule has 1 aromatic carbocycles. The second-order valence-electron chi connectivity index (χ2n) is 4.49. The van der Waals surface area contributed by atoms with Gasteiger partial charge in [0, 0.05) is 6.54 Å². The molecule has 17 heavy (non-hydrogen) atoms. The molecule has 0 unspecified atom stereocenters. The van der Waals surface area contributed by atoms with Crippen LogP contribution in [0, 0.1) is 5.82 Å². The Balaban J connectivity index is 2.29. The molecule has 0 radical (unpaired) electrons. The minimum Gasteiger partial charge on any atom is -0.389 e. The Hall–Kier alpha value is -0.930. The van der Waals surface area contributed by atoms with Crippen LogP contribution in [0.15, 0.2) is 24.3 Å². The average molecular weight is 239 g/mol. The highest BCUT2D eigenvalue weighted by atomic mass is 19.1. The minimum atomic E-state index is -0.609. The van der Waals surface area contributed by atoms with Crippen molar-refractivity contribution in [2.45, 2.75) is 38.7 Å². The van der Waals surface area contributed by atoms with Gasteiger partial charge in [0.25, 0.3) is 0 Å². The largest absolute Gasteiger partial charge is 0.389 e. The van der Waals surface area contributed by atoms with Gasteiger partial charge in [-0.3, -0.25) is 0 Å². The van der Waals surface area contributed by atoms with E-state index in [9.17, 15) is 9.50 Å². The first-order valence-electron chi connectivity index (χ1n) is 6.27. The number of halogens is 1. The molecule has 0 fully saturated rings. The summed E-state index contributed by atoms with van der Waals surface area (Å²) in [4.78, 5) is 0. The molecule has 1 rings (SSSR count). The molecule has 0 aliphatic rings. The Labute approximate surface area is 103 Å². The lowest BCUT2D eigenvalue weighted by molar-refractivity contribution is 0.0328. The van der Waals surface area contributed by atoms with E-state index in [0.29, 0.717) is 6.54 Å². The molecule has 0 spiro atoms. The number of nitrogens with one attached hydrogen (secondary N) is 1. The molecule has 2 N–H and O–H groups in total. The second kappa shape index (κ2) is 6.72. The van der Waals surface area contributed by atoms with Crippen LogP contribution in [0.25, 0.3) is 0 Å². The highest BCUT2D eigenvalue weighted by Crippen LogP contribution is 2.12. The van der Waals surface area contributed by atoms with Gasteiger partial charge in [0.1, 0.15) is 5.82 Å². The first-order chi connectivity index (χ1) is 8.09. The van der Waals surface area contributed by atoms with Gasteiger partial charge in [-0.15, -0.1) is 0 Å². The van der Waals surface area contributed by atoms with Gasteiger partial charge in [-0.05, 0) is 43.5 Å². The average Bonchev–Trinajstić information content (AvgIpc) is 2.34. The first-order valence-corrected chi connectivity index (χ1v) is 6.27. The van der Waals surface area contributed by atoms with E-state index in [4.69, 9.17) is 0 Å². The zero-order valence-corrected chi connectivity index (χ0v) is 10.7. The van der Waals surface area contributed by atoms with Crippen LogP contribution >= 0.6 is 0 Å². The van der Waals surface area contributed by atoms with E-state index in [-0.39, 0.29) is 5.82 Å². The van der Waals surface area contributed by atoms with Crippen LogP contribution in [-0.4, -0.2) is 23.8 Å². The predicted molar refractivity (Wildman–Crippen MR) is 68.5 cm³/mol. The van der Waals surface area contributed by atoms with Gasteiger partial charge < -0.3 is 10.4 Å². The summed E-state index contributed by atoms with van der Waals surface area (Å²) < 4.78 is 12.9. The highest BCUT2D eigenvalue weighted by molar-refractivity contribution is 5.16. The minimum absolute atomic E-state index is 0.193. The molecule has 0 saturated heterocycles. The Bertz CT molecular complexity index is 337.